The highest BCUT2D eigenvalue weighted by Crippen LogP contribution is 2.17. The molecule has 0 radical (unpaired) electrons. The summed E-state index contributed by atoms with van der Waals surface area (Å²) >= 11 is 5.62. The van der Waals surface area contributed by atoms with Gasteiger partial charge in [-0.25, -0.2) is 12.8 Å². The van der Waals surface area contributed by atoms with Crippen LogP contribution in [-0.4, -0.2) is 31.9 Å². The molecule has 20 heavy (non-hydrogen) atoms. The molecule has 0 saturated carbocycles. The van der Waals surface area contributed by atoms with Gasteiger partial charge in [-0.2, -0.15) is 0 Å². The van der Waals surface area contributed by atoms with Gasteiger partial charge in [0.05, 0.1) is 16.5 Å². The summed E-state index contributed by atoms with van der Waals surface area (Å²) in [4.78, 5) is 11.6. The molecule has 4 nitrogen and oxygen atoms in total. The van der Waals surface area contributed by atoms with Crippen molar-refractivity contribution in [3.8, 4) is 0 Å². The van der Waals surface area contributed by atoms with E-state index in [4.69, 9.17) is 11.6 Å². The van der Waals surface area contributed by atoms with Crippen LogP contribution in [0.15, 0.2) is 24.3 Å². The number of benzene rings is 1. The van der Waals surface area contributed by atoms with E-state index in [9.17, 15) is 17.6 Å². The number of halogens is 2. The van der Waals surface area contributed by atoms with Crippen LogP contribution in [0.1, 0.15) is 12.0 Å². The van der Waals surface area contributed by atoms with Crippen LogP contribution in [0.2, 0.25) is 5.02 Å². The van der Waals surface area contributed by atoms with Gasteiger partial charge in [0.2, 0.25) is 5.91 Å². The van der Waals surface area contributed by atoms with Gasteiger partial charge in [-0.05, 0) is 30.2 Å². The predicted octanol–water partition coefficient (Wildman–Crippen LogP) is 1.80. The Kier molecular flexibility index (Phi) is 4.45. The Labute approximate surface area is 121 Å². The van der Waals surface area contributed by atoms with E-state index in [-0.39, 0.29) is 28.5 Å². The number of sulfone groups is 1. The second-order valence-corrected chi connectivity index (χ2v) is 7.25. The van der Waals surface area contributed by atoms with Gasteiger partial charge in [0.15, 0.2) is 9.84 Å². The molecule has 108 valence electrons. The van der Waals surface area contributed by atoms with Gasteiger partial charge in [-0.15, -0.1) is 0 Å². The smallest absolute Gasteiger partial charge is 0.244 e. The topological polar surface area (TPSA) is 63.2 Å². The largest absolute Gasteiger partial charge is 0.349 e. The van der Waals surface area contributed by atoms with Crippen LogP contribution in [0.3, 0.4) is 0 Å². The summed E-state index contributed by atoms with van der Waals surface area (Å²) in [5.41, 5.74) is 0.589. The molecule has 1 N–H and O–H groups in total. The lowest BCUT2D eigenvalue weighted by Crippen LogP contribution is -2.34. The number of hydrogen-bond acceptors (Lipinski definition) is 3. The number of carbonyl (C=O) groups is 1. The Morgan fingerprint density at radius 1 is 1.45 bits per heavy atom. The lowest BCUT2D eigenvalue weighted by molar-refractivity contribution is -0.116. The average Bonchev–Trinajstić information content (AvgIpc) is 2.70. The molecular formula is C13H13ClFNO3S. The van der Waals surface area contributed by atoms with E-state index in [1.807, 2.05) is 0 Å². The molecule has 1 amide bonds. The maximum atomic E-state index is 12.9. The van der Waals surface area contributed by atoms with E-state index < -0.39 is 15.7 Å². The number of rotatable bonds is 3. The van der Waals surface area contributed by atoms with Gasteiger partial charge in [-0.1, -0.05) is 17.7 Å². The maximum absolute atomic E-state index is 12.9. The molecule has 1 aliphatic rings. The van der Waals surface area contributed by atoms with Crippen molar-refractivity contribution in [3.05, 3.63) is 40.7 Å². The lowest BCUT2D eigenvalue weighted by atomic mass is 10.2. The zero-order chi connectivity index (χ0) is 14.8. The molecule has 1 saturated heterocycles. The third-order valence-corrected chi connectivity index (χ3v) is 5.01. The van der Waals surface area contributed by atoms with Crippen molar-refractivity contribution in [2.45, 2.75) is 12.5 Å². The number of amides is 1. The molecule has 0 aromatic heterocycles. The molecule has 1 heterocycles. The highest BCUT2D eigenvalue weighted by atomic mass is 35.5. The quantitative estimate of drug-likeness (QED) is 0.865. The lowest BCUT2D eigenvalue weighted by Gasteiger charge is -2.07. The normalized spacial score (nSPS) is 21.2. The standard InChI is InChI=1S/C13H13ClFNO3S/c14-11-7-9(1-3-12(11)15)2-4-13(17)16-10-5-6-20(18,19)8-10/h1-4,7,10H,5-6,8H2,(H,16,17)/b4-2+/t10-/m0/s1. The fraction of sp³-hybridized carbons (Fsp3) is 0.308. The molecular weight excluding hydrogens is 305 g/mol. The van der Waals surface area contributed by atoms with Crippen molar-refractivity contribution < 1.29 is 17.6 Å². The minimum atomic E-state index is -3.02. The zero-order valence-corrected chi connectivity index (χ0v) is 12.0. The molecule has 7 heteroatoms. The van der Waals surface area contributed by atoms with Gasteiger partial charge in [0.1, 0.15) is 5.82 Å². The van der Waals surface area contributed by atoms with Crippen LogP contribution in [0.5, 0.6) is 0 Å². The minimum absolute atomic E-state index is 0.0189. The van der Waals surface area contributed by atoms with Crippen LogP contribution in [-0.2, 0) is 14.6 Å². The summed E-state index contributed by atoms with van der Waals surface area (Å²) in [5, 5.41) is 2.60. The Morgan fingerprint density at radius 2 is 2.20 bits per heavy atom. The van der Waals surface area contributed by atoms with E-state index >= 15 is 0 Å². The first-order chi connectivity index (χ1) is 9.35. The van der Waals surface area contributed by atoms with Crippen molar-refractivity contribution in [3.63, 3.8) is 0 Å². The third-order valence-electron chi connectivity index (χ3n) is 2.95. The van der Waals surface area contributed by atoms with Crippen molar-refractivity contribution in [2.75, 3.05) is 11.5 Å². The van der Waals surface area contributed by atoms with Gasteiger partial charge < -0.3 is 5.32 Å². The van der Waals surface area contributed by atoms with Crippen molar-refractivity contribution in [1.82, 2.24) is 5.32 Å². The summed E-state index contributed by atoms with van der Waals surface area (Å²) in [6.45, 7) is 0. The highest BCUT2D eigenvalue weighted by Gasteiger charge is 2.28. The molecule has 0 bridgehead atoms. The van der Waals surface area contributed by atoms with E-state index in [0.717, 1.165) is 0 Å². The molecule has 0 unspecified atom stereocenters. The summed E-state index contributed by atoms with van der Waals surface area (Å²) in [7, 11) is -3.02. The Hall–Kier alpha value is -1.40. The number of carbonyl (C=O) groups excluding carboxylic acids is 1. The second-order valence-electron chi connectivity index (χ2n) is 4.62. The van der Waals surface area contributed by atoms with Crippen molar-refractivity contribution in [2.24, 2.45) is 0 Å². The molecule has 0 aliphatic carbocycles. The van der Waals surface area contributed by atoms with E-state index in [0.29, 0.717) is 12.0 Å². The predicted molar refractivity (Wildman–Crippen MR) is 75.6 cm³/mol. The summed E-state index contributed by atoms with van der Waals surface area (Å²) in [5.74, 6) is -0.818. The third kappa shape index (κ3) is 4.05. The fourth-order valence-corrected chi connectivity index (χ4v) is 3.81. The average molecular weight is 318 g/mol. The van der Waals surface area contributed by atoms with Crippen LogP contribution < -0.4 is 5.32 Å². The summed E-state index contributed by atoms with van der Waals surface area (Å²) < 4.78 is 35.5. The maximum Gasteiger partial charge on any atom is 0.244 e. The van der Waals surface area contributed by atoms with E-state index in [1.165, 1.54) is 30.4 Å². The van der Waals surface area contributed by atoms with Crippen LogP contribution in [0, 0.1) is 5.82 Å². The first-order valence-corrected chi connectivity index (χ1v) is 8.20. The molecule has 1 fully saturated rings. The summed E-state index contributed by atoms with van der Waals surface area (Å²) in [6, 6.07) is 3.77. The Morgan fingerprint density at radius 3 is 2.80 bits per heavy atom. The van der Waals surface area contributed by atoms with Gasteiger partial charge in [-0.3, -0.25) is 4.79 Å². The molecule has 2 rings (SSSR count). The molecule has 1 atom stereocenters. The van der Waals surface area contributed by atoms with E-state index in [2.05, 4.69) is 5.32 Å². The first-order valence-electron chi connectivity index (χ1n) is 6.00. The fourth-order valence-electron chi connectivity index (χ4n) is 1.95. The van der Waals surface area contributed by atoms with Crippen LogP contribution in [0.25, 0.3) is 6.08 Å². The highest BCUT2D eigenvalue weighted by molar-refractivity contribution is 7.91. The second kappa shape index (κ2) is 5.93. The Balaban J connectivity index is 1.94. The molecule has 1 aliphatic heterocycles. The monoisotopic (exact) mass is 317 g/mol. The Bertz CT molecular complexity index is 658. The van der Waals surface area contributed by atoms with Gasteiger partial charge >= 0.3 is 0 Å². The van der Waals surface area contributed by atoms with Crippen molar-refractivity contribution in [1.29, 1.82) is 0 Å². The van der Waals surface area contributed by atoms with Gasteiger partial charge in [0, 0.05) is 12.1 Å². The van der Waals surface area contributed by atoms with Crippen molar-refractivity contribution >= 4 is 33.4 Å². The molecule has 1 aromatic carbocycles. The molecule has 0 spiro atoms. The van der Waals surface area contributed by atoms with Crippen LogP contribution in [0.4, 0.5) is 4.39 Å². The number of hydrogen-bond donors (Lipinski definition) is 1. The zero-order valence-electron chi connectivity index (χ0n) is 10.5. The van der Waals surface area contributed by atoms with Crippen LogP contribution >= 0.6 is 11.6 Å². The molecule has 1 aromatic rings. The SMILES string of the molecule is O=C(/C=C/c1ccc(F)c(Cl)c1)N[C@H]1CCS(=O)(=O)C1. The first kappa shape index (κ1) is 15.0. The number of nitrogens with one attached hydrogen (secondary N) is 1. The minimum Gasteiger partial charge on any atom is -0.349 e. The summed E-state index contributed by atoms with van der Waals surface area (Å²) in [6.07, 6.45) is 3.20. The van der Waals surface area contributed by atoms with E-state index in [1.54, 1.807) is 0 Å². The van der Waals surface area contributed by atoms with Gasteiger partial charge in [0.25, 0.3) is 0 Å².